The number of carbonyl (C=O) groups excluding carboxylic acids is 1. The van der Waals surface area contributed by atoms with Crippen LogP contribution in [0.25, 0.3) is 0 Å². The van der Waals surface area contributed by atoms with Crippen LogP contribution < -0.4 is 5.32 Å². The van der Waals surface area contributed by atoms with E-state index in [0.29, 0.717) is 18.1 Å². The lowest BCUT2D eigenvalue weighted by Crippen LogP contribution is -2.45. The Kier molecular flexibility index (Phi) is 6.28. The van der Waals surface area contributed by atoms with Crippen LogP contribution in [-0.2, 0) is 19.6 Å². The molecule has 3 aromatic rings. The van der Waals surface area contributed by atoms with Gasteiger partial charge in [-0.05, 0) is 29.8 Å². The van der Waals surface area contributed by atoms with E-state index in [1.807, 2.05) is 12.1 Å². The van der Waals surface area contributed by atoms with Crippen molar-refractivity contribution in [3.63, 3.8) is 0 Å². The predicted octanol–water partition coefficient (Wildman–Crippen LogP) is 2.52. The van der Waals surface area contributed by atoms with Gasteiger partial charge in [-0.3, -0.25) is 14.6 Å². The minimum atomic E-state index is -0.296. The highest BCUT2D eigenvalue weighted by atomic mass is 32.1. The van der Waals surface area contributed by atoms with Gasteiger partial charge in [0.2, 0.25) is 5.01 Å². The number of nitrogens with zero attached hydrogens (tertiary/aromatic N) is 4. The monoisotopic (exact) mass is 415 g/mol. The van der Waals surface area contributed by atoms with Gasteiger partial charge in [0.1, 0.15) is 16.6 Å². The van der Waals surface area contributed by atoms with E-state index in [4.69, 9.17) is 4.42 Å². The molecular formula is C20H22FN5O2S. The minimum absolute atomic E-state index is 0.263. The molecule has 7 nitrogen and oxygen atoms in total. The molecule has 1 amide bonds. The maximum Gasteiger partial charge on any atom is 0.282 e. The SMILES string of the molecule is O=C(NCc1ccc(F)cc1)c1nnc(CN2CCN(Cc3ccco3)CC2)s1. The molecule has 3 heterocycles. The topological polar surface area (TPSA) is 74.5 Å². The van der Waals surface area contributed by atoms with Crippen molar-refractivity contribution in [2.75, 3.05) is 26.2 Å². The molecule has 0 radical (unpaired) electrons. The van der Waals surface area contributed by atoms with E-state index in [9.17, 15) is 9.18 Å². The highest BCUT2D eigenvalue weighted by Gasteiger charge is 2.20. The van der Waals surface area contributed by atoms with Crippen molar-refractivity contribution in [2.24, 2.45) is 0 Å². The summed E-state index contributed by atoms with van der Waals surface area (Å²) < 4.78 is 18.3. The second-order valence-corrected chi connectivity index (χ2v) is 8.00. The minimum Gasteiger partial charge on any atom is -0.468 e. The van der Waals surface area contributed by atoms with E-state index in [1.54, 1.807) is 18.4 Å². The smallest absolute Gasteiger partial charge is 0.282 e. The van der Waals surface area contributed by atoms with Gasteiger partial charge >= 0.3 is 0 Å². The van der Waals surface area contributed by atoms with Crippen molar-refractivity contribution in [1.82, 2.24) is 25.3 Å². The van der Waals surface area contributed by atoms with Crippen LogP contribution in [0.2, 0.25) is 0 Å². The second-order valence-electron chi connectivity index (χ2n) is 6.94. The fourth-order valence-corrected chi connectivity index (χ4v) is 3.99. The van der Waals surface area contributed by atoms with Crippen LogP contribution in [0.15, 0.2) is 47.1 Å². The number of furan rings is 1. The summed E-state index contributed by atoms with van der Waals surface area (Å²) in [5.41, 5.74) is 0.830. The van der Waals surface area contributed by atoms with Crippen LogP contribution in [0.5, 0.6) is 0 Å². The molecule has 1 saturated heterocycles. The van der Waals surface area contributed by atoms with Gasteiger partial charge < -0.3 is 9.73 Å². The predicted molar refractivity (Wildman–Crippen MR) is 107 cm³/mol. The molecule has 1 fully saturated rings. The van der Waals surface area contributed by atoms with Crippen LogP contribution in [-0.4, -0.2) is 52.1 Å². The first-order chi connectivity index (χ1) is 14.2. The molecule has 2 aromatic heterocycles. The number of rotatable bonds is 7. The van der Waals surface area contributed by atoms with E-state index in [1.165, 1.54) is 23.5 Å². The van der Waals surface area contributed by atoms with E-state index in [0.717, 1.165) is 49.1 Å². The molecule has 0 aliphatic carbocycles. The summed E-state index contributed by atoms with van der Waals surface area (Å²) in [6.07, 6.45) is 1.70. The van der Waals surface area contributed by atoms with Crippen LogP contribution in [0.1, 0.15) is 26.1 Å². The van der Waals surface area contributed by atoms with Crippen LogP contribution >= 0.6 is 11.3 Å². The Bertz CT molecular complexity index is 921. The third kappa shape index (κ3) is 5.47. The number of benzene rings is 1. The molecule has 0 atom stereocenters. The maximum atomic E-state index is 12.9. The van der Waals surface area contributed by atoms with Crippen molar-refractivity contribution in [2.45, 2.75) is 19.6 Å². The quantitative estimate of drug-likeness (QED) is 0.639. The summed E-state index contributed by atoms with van der Waals surface area (Å²) in [5.74, 6) is 0.427. The Balaban J connectivity index is 1.23. The maximum absolute atomic E-state index is 12.9. The standard InChI is InChI=1S/C20H22FN5O2S/c21-16-5-3-15(4-6-16)12-22-19(27)20-24-23-18(29-20)14-26-9-7-25(8-10-26)13-17-2-1-11-28-17/h1-6,11H,7-10,12-14H2,(H,22,27). The van der Waals surface area contributed by atoms with Gasteiger partial charge in [0, 0.05) is 32.7 Å². The number of hydrogen-bond donors (Lipinski definition) is 1. The number of amides is 1. The lowest BCUT2D eigenvalue weighted by atomic mass is 10.2. The molecule has 29 heavy (non-hydrogen) atoms. The Morgan fingerprint density at radius 1 is 1.07 bits per heavy atom. The van der Waals surface area contributed by atoms with E-state index >= 15 is 0 Å². The van der Waals surface area contributed by atoms with Crippen molar-refractivity contribution in [1.29, 1.82) is 0 Å². The molecule has 1 N–H and O–H groups in total. The van der Waals surface area contributed by atoms with Gasteiger partial charge in [0.05, 0.1) is 19.4 Å². The average Bonchev–Trinajstić information content (AvgIpc) is 3.41. The molecule has 1 aromatic carbocycles. The summed E-state index contributed by atoms with van der Waals surface area (Å²) in [4.78, 5) is 17.0. The van der Waals surface area contributed by atoms with Crippen LogP contribution in [0.3, 0.4) is 0 Å². The normalized spacial score (nSPS) is 15.5. The molecule has 9 heteroatoms. The zero-order chi connectivity index (χ0) is 20.1. The summed E-state index contributed by atoms with van der Waals surface area (Å²) in [7, 11) is 0. The number of aromatic nitrogens is 2. The number of carbonyl (C=O) groups is 1. The summed E-state index contributed by atoms with van der Waals surface area (Å²) >= 11 is 1.31. The highest BCUT2D eigenvalue weighted by molar-refractivity contribution is 7.13. The van der Waals surface area contributed by atoms with Gasteiger partial charge in [-0.25, -0.2) is 4.39 Å². The Morgan fingerprint density at radius 2 is 1.79 bits per heavy atom. The second kappa shape index (κ2) is 9.25. The Labute approximate surface area is 172 Å². The van der Waals surface area contributed by atoms with E-state index < -0.39 is 0 Å². The summed E-state index contributed by atoms with van der Waals surface area (Å²) in [6.45, 7) is 5.65. The van der Waals surface area contributed by atoms with Crippen molar-refractivity contribution < 1.29 is 13.6 Å². The van der Waals surface area contributed by atoms with Gasteiger partial charge in [-0.15, -0.1) is 10.2 Å². The molecule has 0 unspecified atom stereocenters. The fraction of sp³-hybridized carbons (Fsp3) is 0.350. The van der Waals surface area contributed by atoms with Crippen molar-refractivity contribution >= 4 is 17.2 Å². The van der Waals surface area contributed by atoms with Gasteiger partial charge in [0.15, 0.2) is 0 Å². The van der Waals surface area contributed by atoms with Crippen molar-refractivity contribution in [3.05, 3.63) is 69.8 Å². The van der Waals surface area contributed by atoms with Crippen molar-refractivity contribution in [3.8, 4) is 0 Å². The van der Waals surface area contributed by atoms with Crippen LogP contribution in [0.4, 0.5) is 4.39 Å². The first-order valence-corrected chi connectivity index (χ1v) is 10.3. The van der Waals surface area contributed by atoms with Gasteiger partial charge in [0.25, 0.3) is 5.91 Å². The Hall–Kier alpha value is -2.62. The largest absolute Gasteiger partial charge is 0.468 e. The molecule has 0 bridgehead atoms. The Morgan fingerprint density at radius 3 is 2.48 bits per heavy atom. The number of halogens is 1. The molecule has 1 aliphatic heterocycles. The average molecular weight is 415 g/mol. The molecule has 1 aliphatic rings. The number of nitrogens with one attached hydrogen (secondary N) is 1. The molecule has 0 saturated carbocycles. The summed E-state index contributed by atoms with van der Waals surface area (Å²) in [5, 5.41) is 12.2. The van der Waals surface area contributed by atoms with Gasteiger partial charge in [-0.2, -0.15) is 0 Å². The van der Waals surface area contributed by atoms with E-state index in [-0.39, 0.29) is 11.7 Å². The summed E-state index contributed by atoms with van der Waals surface area (Å²) in [6, 6.07) is 9.95. The highest BCUT2D eigenvalue weighted by Crippen LogP contribution is 2.15. The lowest BCUT2D eigenvalue weighted by molar-refractivity contribution is 0.0950. The first-order valence-electron chi connectivity index (χ1n) is 9.48. The lowest BCUT2D eigenvalue weighted by Gasteiger charge is -2.33. The third-order valence-corrected chi connectivity index (χ3v) is 5.72. The third-order valence-electron chi connectivity index (χ3n) is 4.81. The molecule has 4 rings (SSSR count). The first kappa shape index (κ1) is 19.7. The number of piperazine rings is 1. The zero-order valence-corrected chi connectivity index (χ0v) is 16.7. The van der Waals surface area contributed by atoms with Crippen LogP contribution in [0, 0.1) is 5.82 Å². The molecular weight excluding hydrogens is 393 g/mol. The molecule has 0 spiro atoms. The molecule has 152 valence electrons. The number of hydrogen-bond acceptors (Lipinski definition) is 7. The van der Waals surface area contributed by atoms with E-state index in [2.05, 4.69) is 25.3 Å². The van der Waals surface area contributed by atoms with Gasteiger partial charge in [-0.1, -0.05) is 23.5 Å². The zero-order valence-electron chi connectivity index (χ0n) is 15.9. The fourth-order valence-electron chi connectivity index (χ4n) is 3.19.